The molecule has 0 spiro atoms. The topological polar surface area (TPSA) is 87.7 Å². The Labute approximate surface area is 178 Å². The molecule has 1 aliphatic rings. The van der Waals surface area contributed by atoms with Gasteiger partial charge < -0.3 is 15.4 Å². The molecule has 0 saturated carbocycles. The minimum absolute atomic E-state index is 0.0534. The van der Waals surface area contributed by atoms with Gasteiger partial charge in [-0.2, -0.15) is 0 Å². The van der Waals surface area contributed by atoms with Crippen molar-refractivity contribution in [2.45, 2.75) is 26.8 Å². The van der Waals surface area contributed by atoms with Crippen LogP contribution in [-0.2, 0) is 14.3 Å². The number of nitrogens with one attached hydrogen (secondary N) is 2. The van der Waals surface area contributed by atoms with Crippen molar-refractivity contribution in [1.82, 2.24) is 10.2 Å². The predicted molar refractivity (Wildman–Crippen MR) is 115 cm³/mol. The molecule has 1 unspecified atom stereocenters. The molecule has 3 rings (SSSR count). The number of amides is 2. The Morgan fingerprint density at radius 1 is 1.38 bits per heavy atom. The summed E-state index contributed by atoms with van der Waals surface area (Å²) in [6.45, 7) is 7.15. The van der Waals surface area contributed by atoms with Crippen LogP contribution in [-0.4, -0.2) is 55.0 Å². The SMILES string of the molecule is CCOC(=O)c1c(-c2cccs2)csc1NC(=O)CN1CCNC(=O)C1C(C)C. The van der Waals surface area contributed by atoms with Crippen LogP contribution < -0.4 is 10.6 Å². The van der Waals surface area contributed by atoms with Crippen LogP contribution in [0.3, 0.4) is 0 Å². The maximum absolute atomic E-state index is 12.8. The van der Waals surface area contributed by atoms with Gasteiger partial charge in [0.05, 0.1) is 19.2 Å². The van der Waals surface area contributed by atoms with Crippen molar-refractivity contribution in [2.24, 2.45) is 5.92 Å². The second-order valence-electron chi connectivity index (χ2n) is 7.05. The lowest BCUT2D eigenvalue weighted by molar-refractivity contribution is -0.132. The van der Waals surface area contributed by atoms with Crippen LogP contribution in [0.5, 0.6) is 0 Å². The van der Waals surface area contributed by atoms with Crippen LogP contribution in [0.1, 0.15) is 31.1 Å². The lowest BCUT2D eigenvalue weighted by Crippen LogP contribution is -2.58. The molecule has 7 nitrogen and oxygen atoms in total. The second kappa shape index (κ2) is 9.51. The summed E-state index contributed by atoms with van der Waals surface area (Å²) in [6.07, 6.45) is 0. The molecule has 2 aromatic heterocycles. The number of piperazine rings is 1. The summed E-state index contributed by atoms with van der Waals surface area (Å²) in [5.41, 5.74) is 1.14. The number of thiophene rings is 2. The monoisotopic (exact) mass is 435 g/mol. The zero-order chi connectivity index (χ0) is 21.0. The molecule has 2 N–H and O–H groups in total. The minimum atomic E-state index is -0.454. The Hall–Kier alpha value is -2.23. The number of esters is 1. The fourth-order valence-electron chi connectivity index (χ4n) is 3.45. The third-order valence-corrected chi connectivity index (χ3v) is 6.45. The quantitative estimate of drug-likeness (QED) is 0.653. The number of hydrogen-bond acceptors (Lipinski definition) is 7. The summed E-state index contributed by atoms with van der Waals surface area (Å²) < 4.78 is 5.22. The Kier molecular flexibility index (Phi) is 7.05. The van der Waals surface area contributed by atoms with Crippen molar-refractivity contribution in [3.8, 4) is 10.4 Å². The molecule has 3 heterocycles. The van der Waals surface area contributed by atoms with Crippen molar-refractivity contribution in [1.29, 1.82) is 0 Å². The van der Waals surface area contributed by atoms with E-state index in [1.807, 2.05) is 41.6 Å². The molecule has 1 atom stereocenters. The van der Waals surface area contributed by atoms with Gasteiger partial charge in [0.15, 0.2) is 0 Å². The zero-order valence-electron chi connectivity index (χ0n) is 16.7. The molecular weight excluding hydrogens is 410 g/mol. The largest absolute Gasteiger partial charge is 0.462 e. The third kappa shape index (κ3) is 4.85. The van der Waals surface area contributed by atoms with E-state index in [4.69, 9.17) is 4.74 Å². The van der Waals surface area contributed by atoms with Crippen LogP contribution >= 0.6 is 22.7 Å². The Morgan fingerprint density at radius 3 is 2.83 bits per heavy atom. The van der Waals surface area contributed by atoms with Gasteiger partial charge in [-0.3, -0.25) is 14.5 Å². The summed E-state index contributed by atoms with van der Waals surface area (Å²) in [4.78, 5) is 40.4. The van der Waals surface area contributed by atoms with Gasteiger partial charge in [0.2, 0.25) is 11.8 Å². The highest BCUT2D eigenvalue weighted by Gasteiger charge is 2.33. The first-order valence-electron chi connectivity index (χ1n) is 9.56. The average Bonchev–Trinajstić information content (AvgIpc) is 3.31. The van der Waals surface area contributed by atoms with Crippen LogP contribution in [0.4, 0.5) is 5.00 Å². The van der Waals surface area contributed by atoms with Gasteiger partial charge in [-0.15, -0.1) is 22.7 Å². The summed E-state index contributed by atoms with van der Waals surface area (Å²) in [7, 11) is 0. The van der Waals surface area contributed by atoms with E-state index in [-0.39, 0.29) is 36.9 Å². The van der Waals surface area contributed by atoms with Crippen molar-refractivity contribution in [3.63, 3.8) is 0 Å². The normalized spacial score (nSPS) is 17.2. The molecule has 0 bridgehead atoms. The minimum Gasteiger partial charge on any atom is -0.462 e. The molecule has 0 aromatic carbocycles. The maximum atomic E-state index is 12.8. The molecular formula is C20H25N3O4S2. The van der Waals surface area contributed by atoms with Crippen LogP contribution in [0.15, 0.2) is 22.9 Å². The highest BCUT2D eigenvalue weighted by molar-refractivity contribution is 7.17. The summed E-state index contributed by atoms with van der Waals surface area (Å²) >= 11 is 2.83. The molecule has 1 saturated heterocycles. The first-order chi connectivity index (χ1) is 13.9. The first kappa shape index (κ1) is 21.5. The van der Waals surface area contributed by atoms with Gasteiger partial charge in [-0.1, -0.05) is 19.9 Å². The van der Waals surface area contributed by atoms with Gasteiger partial charge in [-0.25, -0.2) is 4.79 Å². The van der Waals surface area contributed by atoms with Gasteiger partial charge in [0.25, 0.3) is 0 Å². The van der Waals surface area contributed by atoms with E-state index in [9.17, 15) is 14.4 Å². The number of carbonyl (C=O) groups is 3. The standard InChI is InChI=1S/C20H25N3O4S2/c1-4-27-20(26)16-13(14-6-5-9-28-14)11-29-19(16)22-15(24)10-23-8-7-21-18(25)17(23)12(2)3/h5-6,9,11-12,17H,4,7-8,10H2,1-3H3,(H,21,25)(H,22,24). The maximum Gasteiger partial charge on any atom is 0.341 e. The lowest BCUT2D eigenvalue weighted by Gasteiger charge is -2.36. The van der Waals surface area contributed by atoms with E-state index in [2.05, 4.69) is 10.6 Å². The van der Waals surface area contributed by atoms with E-state index < -0.39 is 5.97 Å². The van der Waals surface area contributed by atoms with Crippen LogP contribution in [0.2, 0.25) is 0 Å². The van der Waals surface area contributed by atoms with Crippen LogP contribution in [0, 0.1) is 5.92 Å². The predicted octanol–water partition coefficient (Wildman–Crippen LogP) is 3.05. The van der Waals surface area contributed by atoms with Crippen LogP contribution in [0.25, 0.3) is 10.4 Å². The van der Waals surface area contributed by atoms with E-state index in [1.54, 1.807) is 6.92 Å². The van der Waals surface area contributed by atoms with Crippen molar-refractivity contribution in [2.75, 3.05) is 31.6 Å². The second-order valence-corrected chi connectivity index (χ2v) is 8.88. The first-order valence-corrected chi connectivity index (χ1v) is 11.3. The number of ether oxygens (including phenoxy) is 1. The van der Waals surface area contributed by atoms with Gasteiger partial charge in [0.1, 0.15) is 10.6 Å². The Bertz CT molecular complexity index is 876. The number of hydrogen-bond donors (Lipinski definition) is 2. The summed E-state index contributed by atoms with van der Waals surface area (Å²) in [5, 5.41) is 9.99. The Morgan fingerprint density at radius 2 is 2.17 bits per heavy atom. The molecule has 9 heteroatoms. The number of nitrogens with zero attached hydrogens (tertiary/aromatic N) is 1. The molecule has 156 valence electrons. The fraction of sp³-hybridized carbons (Fsp3) is 0.450. The van der Waals surface area contributed by atoms with Gasteiger partial charge in [0, 0.05) is 28.9 Å². The Balaban J connectivity index is 1.79. The fourth-order valence-corrected chi connectivity index (χ4v) is 5.24. The molecule has 29 heavy (non-hydrogen) atoms. The molecule has 0 radical (unpaired) electrons. The highest BCUT2D eigenvalue weighted by atomic mass is 32.1. The highest BCUT2D eigenvalue weighted by Crippen LogP contribution is 2.38. The average molecular weight is 436 g/mol. The number of carbonyl (C=O) groups excluding carboxylic acids is 3. The van der Waals surface area contributed by atoms with Crippen molar-refractivity contribution >= 4 is 45.5 Å². The smallest absolute Gasteiger partial charge is 0.341 e. The molecule has 2 amide bonds. The third-order valence-electron chi connectivity index (χ3n) is 4.65. The van der Waals surface area contributed by atoms with E-state index in [1.165, 1.54) is 22.7 Å². The number of rotatable bonds is 7. The summed E-state index contributed by atoms with van der Waals surface area (Å²) in [5.74, 6) is -0.673. The van der Waals surface area contributed by atoms with Crippen molar-refractivity contribution < 1.29 is 19.1 Å². The van der Waals surface area contributed by atoms with Gasteiger partial charge in [-0.05, 0) is 24.3 Å². The van der Waals surface area contributed by atoms with Gasteiger partial charge >= 0.3 is 5.97 Å². The molecule has 0 aliphatic carbocycles. The molecule has 1 aliphatic heterocycles. The summed E-state index contributed by atoms with van der Waals surface area (Å²) in [6, 6.07) is 3.50. The van der Waals surface area contributed by atoms with E-state index >= 15 is 0 Å². The lowest BCUT2D eigenvalue weighted by atomic mass is 10.00. The zero-order valence-corrected chi connectivity index (χ0v) is 18.3. The number of anilines is 1. The van der Waals surface area contributed by atoms with Crippen molar-refractivity contribution in [3.05, 3.63) is 28.5 Å². The molecule has 1 fully saturated rings. The van der Waals surface area contributed by atoms with E-state index in [0.717, 1.165) is 10.4 Å². The van der Waals surface area contributed by atoms with E-state index in [0.29, 0.717) is 23.7 Å². The molecule has 2 aromatic rings.